The van der Waals surface area contributed by atoms with Gasteiger partial charge in [0.2, 0.25) is 0 Å². The first-order valence-electron chi connectivity index (χ1n) is 6.69. The lowest BCUT2D eigenvalue weighted by Gasteiger charge is -2.06. The number of hydrazone groups is 1. The minimum atomic E-state index is -0.778. The number of fused-ring (bicyclic) bond motifs is 1. The Bertz CT molecular complexity index is 687. The van der Waals surface area contributed by atoms with Crippen LogP contribution in [0.4, 0.5) is 0 Å². The normalized spacial score (nSPS) is 11.0. The molecule has 0 bridgehead atoms. The van der Waals surface area contributed by atoms with E-state index in [1.54, 1.807) is 13.8 Å². The number of nitrogens with zero attached hydrogens (tertiary/aromatic N) is 1. The van der Waals surface area contributed by atoms with E-state index < -0.39 is 11.8 Å². The Labute approximate surface area is 123 Å². The average Bonchev–Trinajstić information content (AvgIpc) is 2.46. The highest BCUT2D eigenvalue weighted by Gasteiger charge is 2.12. The summed E-state index contributed by atoms with van der Waals surface area (Å²) in [6.45, 7) is 3.56. The molecule has 0 saturated heterocycles. The molecule has 2 N–H and O–H groups in total. The average molecular weight is 283 g/mol. The van der Waals surface area contributed by atoms with E-state index in [1.165, 1.54) is 6.21 Å². The van der Waals surface area contributed by atoms with Crippen LogP contribution in [0.5, 0.6) is 0 Å². The Kier molecular flexibility index (Phi) is 4.66. The molecule has 0 aliphatic carbocycles. The molecule has 2 aromatic rings. The van der Waals surface area contributed by atoms with Crippen molar-refractivity contribution in [2.24, 2.45) is 5.10 Å². The SMILES string of the molecule is CC(C)NC(=O)C(=O)N/N=C/c1cccc2ccccc12. The third-order valence-corrected chi connectivity index (χ3v) is 2.82. The van der Waals surface area contributed by atoms with Gasteiger partial charge in [-0.05, 0) is 24.6 Å². The first-order chi connectivity index (χ1) is 10.1. The minimum absolute atomic E-state index is 0.0923. The van der Waals surface area contributed by atoms with E-state index >= 15 is 0 Å². The molecule has 2 aromatic carbocycles. The summed E-state index contributed by atoms with van der Waals surface area (Å²) in [5.74, 6) is -1.47. The highest BCUT2D eigenvalue weighted by atomic mass is 16.2. The lowest BCUT2D eigenvalue weighted by atomic mass is 10.1. The van der Waals surface area contributed by atoms with Gasteiger partial charge in [-0.2, -0.15) is 5.10 Å². The quantitative estimate of drug-likeness (QED) is 0.512. The van der Waals surface area contributed by atoms with Crippen molar-refractivity contribution in [1.82, 2.24) is 10.7 Å². The van der Waals surface area contributed by atoms with Crippen LogP contribution >= 0.6 is 0 Å². The van der Waals surface area contributed by atoms with E-state index in [0.29, 0.717) is 0 Å². The maximum Gasteiger partial charge on any atom is 0.329 e. The van der Waals surface area contributed by atoms with Crippen LogP contribution < -0.4 is 10.7 Å². The molecular weight excluding hydrogens is 266 g/mol. The Morgan fingerprint density at radius 1 is 1.05 bits per heavy atom. The number of benzene rings is 2. The van der Waals surface area contributed by atoms with Crippen LogP contribution in [-0.2, 0) is 9.59 Å². The van der Waals surface area contributed by atoms with Crippen molar-refractivity contribution in [3.63, 3.8) is 0 Å². The van der Waals surface area contributed by atoms with Gasteiger partial charge in [-0.15, -0.1) is 0 Å². The fourth-order valence-corrected chi connectivity index (χ4v) is 1.90. The monoisotopic (exact) mass is 283 g/mol. The molecule has 0 radical (unpaired) electrons. The van der Waals surface area contributed by atoms with Gasteiger partial charge < -0.3 is 5.32 Å². The van der Waals surface area contributed by atoms with Gasteiger partial charge in [0, 0.05) is 11.6 Å². The molecule has 0 spiro atoms. The molecule has 108 valence electrons. The van der Waals surface area contributed by atoms with Crippen LogP contribution in [0.1, 0.15) is 19.4 Å². The molecule has 0 aliphatic rings. The topological polar surface area (TPSA) is 70.6 Å². The molecule has 5 heteroatoms. The van der Waals surface area contributed by atoms with E-state index in [-0.39, 0.29) is 6.04 Å². The molecule has 21 heavy (non-hydrogen) atoms. The molecule has 0 aromatic heterocycles. The Balaban J connectivity index is 2.07. The zero-order chi connectivity index (χ0) is 15.2. The van der Waals surface area contributed by atoms with Gasteiger partial charge in [-0.1, -0.05) is 42.5 Å². The fourth-order valence-electron chi connectivity index (χ4n) is 1.90. The third-order valence-electron chi connectivity index (χ3n) is 2.82. The number of amides is 2. The van der Waals surface area contributed by atoms with E-state index in [1.807, 2.05) is 42.5 Å². The molecule has 0 aliphatic heterocycles. The predicted molar refractivity (Wildman–Crippen MR) is 83.0 cm³/mol. The predicted octanol–water partition coefficient (Wildman–Crippen LogP) is 1.81. The molecule has 0 heterocycles. The summed E-state index contributed by atoms with van der Waals surface area (Å²) in [6.07, 6.45) is 1.53. The summed E-state index contributed by atoms with van der Waals surface area (Å²) >= 11 is 0. The van der Waals surface area contributed by atoms with Crippen LogP contribution in [0, 0.1) is 0 Å². The number of hydrogen-bond donors (Lipinski definition) is 2. The smallest absolute Gasteiger partial charge is 0.329 e. The molecular formula is C16H17N3O2. The van der Waals surface area contributed by atoms with Crippen molar-refractivity contribution in [2.45, 2.75) is 19.9 Å². The molecule has 0 atom stereocenters. The van der Waals surface area contributed by atoms with Gasteiger partial charge in [-0.3, -0.25) is 9.59 Å². The van der Waals surface area contributed by atoms with Crippen molar-refractivity contribution in [3.05, 3.63) is 48.0 Å². The van der Waals surface area contributed by atoms with Gasteiger partial charge in [-0.25, -0.2) is 5.43 Å². The zero-order valence-electron chi connectivity index (χ0n) is 12.0. The summed E-state index contributed by atoms with van der Waals surface area (Å²) in [6, 6.07) is 13.6. The summed E-state index contributed by atoms with van der Waals surface area (Å²) < 4.78 is 0. The number of rotatable bonds is 3. The maximum absolute atomic E-state index is 11.5. The Hall–Kier alpha value is -2.69. The zero-order valence-corrected chi connectivity index (χ0v) is 12.0. The van der Waals surface area contributed by atoms with Gasteiger partial charge >= 0.3 is 11.8 Å². The van der Waals surface area contributed by atoms with Gasteiger partial charge in [0.15, 0.2) is 0 Å². The van der Waals surface area contributed by atoms with Crippen LogP contribution in [0.15, 0.2) is 47.6 Å². The Morgan fingerprint density at radius 2 is 1.76 bits per heavy atom. The van der Waals surface area contributed by atoms with Gasteiger partial charge in [0.05, 0.1) is 6.21 Å². The lowest BCUT2D eigenvalue weighted by molar-refractivity contribution is -0.139. The molecule has 2 rings (SSSR count). The largest absolute Gasteiger partial charge is 0.346 e. The summed E-state index contributed by atoms with van der Waals surface area (Å²) in [5.41, 5.74) is 3.09. The molecule has 0 saturated carbocycles. The standard InChI is InChI=1S/C16H17N3O2/c1-11(2)18-15(20)16(21)19-17-10-13-8-5-7-12-6-3-4-9-14(12)13/h3-11H,1-2H3,(H,18,20)(H,19,21)/b17-10+. The summed E-state index contributed by atoms with van der Waals surface area (Å²) in [7, 11) is 0. The maximum atomic E-state index is 11.5. The number of carbonyl (C=O) groups excluding carboxylic acids is 2. The van der Waals surface area contributed by atoms with Crippen LogP contribution in [0.25, 0.3) is 10.8 Å². The molecule has 2 amide bonds. The van der Waals surface area contributed by atoms with E-state index in [9.17, 15) is 9.59 Å². The van der Waals surface area contributed by atoms with Crippen molar-refractivity contribution in [1.29, 1.82) is 0 Å². The number of nitrogens with one attached hydrogen (secondary N) is 2. The van der Waals surface area contributed by atoms with Crippen LogP contribution in [-0.4, -0.2) is 24.1 Å². The molecule has 0 fully saturated rings. The summed E-state index contributed by atoms with van der Waals surface area (Å²) in [4.78, 5) is 22.9. The first kappa shape index (κ1) is 14.7. The fraction of sp³-hybridized carbons (Fsp3) is 0.188. The molecule has 5 nitrogen and oxygen atoms in total. The summed E-state index contributed by atoms with van der Waals surface area (Å²) in [5, 5.41) is 8.45. The van der Waals surface area contributed by atoms with E-state index in [4.69, 9.17) is 0 Å². The number of carbonyl (C=O) groups is 2. The van der Waals surface area contributed by atoms with E-state index in [2.05, 4.69) is 15.8 Å². The van der Waals surface area contributed by atoms with Crippen LogP contribution in [0.3, 0.4) is 0 Å². The van der Waals surface area contributed by atoms with Crippen LogP contribution in [0.2, 0.25) is 0 Å². The second-order valence-corrected chi connectivity index (χ2v) is 4.90. The highest BCUT2D eigenvalue weighted by Crippen LogP contribution is 2.16. The Morgan fingerprint density at radius 3 is 2.52 bits per heavy atom. The van der Waals surface area contributed by atoms with Gasteiger partial charge in [0.25, 0.3) is 0 Å². The minimum Gasteiger partial charge on any atom is -0.346 e. The van der Waals surface area contributed by atoms with Crippen molar-refractivity contribution in [3.8, 4) is 0 Å². The van der Waals surface area contributed by atoms with Gasteiger partial charge in [0.1, 0.15) is 0 Å². The first-order valence-corrected chi connectivity index (χ1v) is 6.69. The molecule has 0 unspecified atom stereocenters. The van der Waals surface area contributed by atoms with Crippen molar-refractivity contribution >= 4 is 28.8 Å². The lowest BCUT2D eigenvalue weighted by Crippen LogP contribution is -2.41. The van der Waals surface area contributed by atoms with Crippen molar-refractivity contribution < 1.29 is 9.59 Å². The second-order valence-electron chi connectivity index (χ2n) is 4.90. The second kappa shape index (κ2) is 6.65. The third kappa shape index (κ3) is 3.89. The van der Waals surface area contributed by atoms with Crippen molar-refractivity contribution in [2.75, 3.05) is 0 Å². The number of hydrogen-bond acceptors (Lipinski definition) is 3. The highest BCUT2D eigenvalue weighted by molar-refractivity contribution is 6.35. The van der Waals surface area contributed by atoms with E-state index in [0.717, 1.165) is 16.3 Å².